The Kier molecular flexibility index (Phi) is 2.24. The minimum atomic E-state index is -0.00120. The lowest BCUT2D eigenvalue weighted by Gasteiger charge is -2.45. The van der Waals surface area contributed by atoms with E-state index in [1.54, 1.807) is 6.92 Å². The molecular weight excluding hydrogens is 164 g/mol. The van der Waals surface area contributed by atoms with Gasteiger partial charge >= 0.3 is 0 Å². The molecule has 3 heteroatoms. The quantitative estimate of drug-likeness (QED) is 0.528. The topological polar surface area (TPSA) is 32.3 Å². The number of hydrogen-bond acceptors (Lipinski definition) is 2. The molecule has 0 spiro atoms. The Bertz CT molecular complexity index is 268. The Hall–Kier alpha value is -1.01. The molecule has 3 fully saturated rings. The largest absolute Gasteiger partial charge is 0.326 e. The molecule has 3 aliphatic heterocycles. The molecule has 2 atom stereocenters. The van der Waals surface area contributed by atoms with Gasteiger partial charge in [0.1, 0.15) is 0 Å². The molecule has 3 rings (SSSR count). The lowest BCUT2D eigenvalue weighted by molar-refractivity contribution is -0.130. The van der Waals surface area contributed by atoms with Gasteiger partial charge in [0.05, 0.1) is 0 Å². The lowest BCUT2D eigenvalue weighted by atomic mass is 9.93. The van der Waals surface area contributed by atoms with Crippen LogP contribution < -0.4 is 5.32 Å². The molecule has 70 valence electrons. The molecule has 2 bridgehead atoms. The van der Waals surface area contributed by atoms with E-state index in [1.807, 2.05) is 4.90 Å². The van der Waals surface area contributed by atoms with Gasteiger partial charge < -0.3 is 10.2 Å². The smallest absolute Gasteiger partial charge is 0.298 e. The van der Waals surface area contributed by atoms with Crippen LogP contribution in [0, 0.1) is 11.8 Å². The van der Waals surface area contributed by atoms with Crippen LogP contribution in [0.5, 0.6) is 0 Å². The van der Waals surface area contributed by atoms with E-state index < -0.39 is 0 Å². The highest BCUT2D eigenvalue weighted by molar-refractivity contribution is 5.93. The molecule has 1 amide bonds. The Balaban J connectivity index is 2.07. The molecule has 3 heterocycles. The standard InChI is InChI=1S/C10H14N2O/c1-2-3-10(13)12-7-8-4-5-9(12)6-11-8/h8-9,11H,4-7H2,1H3. The number of nitrogens with one attached hydrogen (secondary N) is 1. The van der Waals surface area contributed by atoms with Crippen LogP contribution >= 0.6 is 0 Å². The zero-order valence-corrected chi connectivity index (χ0v) is 7.84. The Morgan fingerprint density at radius 1 is 1.54 bits per heavy atom. The number of carbonyl (C=O) groups excluding carboxylic acids is 1. The van der Waals surface area contributed by atoms with Gasteiger partial charge in [-0.15, -0.1) is 0 Å². The summed E-state index contributed by atoms with van der Waals surface area (Å²) >= 11 is 0. The first kappa shape index (κ1) is 8.58. The van der Waals surface area contributed by atoms with Crippen LogP contribution in [0.4, 0.5) is 0 Å². The summed E-state index contributed by atoms with van der Waals surface area (Å²) in [5.74, 6) is 5.27. The Labute approximate surface area is 78.5 Å². The SMILES string of the molecule is CC#CC(=O)N1CC2CCC1CN2. The van der Waals surface area contributed by atoms with Gasteiger partial charge in [0, 0.05) is 25.2 Å². The van der Waals surface area contributed by atoms with Crippen molar-refractivity contribution in [2.24, 2.45) is 0 Å². The van der Waals surface area contributed by atoms with Gasteiger partial charge in [-0.2, -0.15) is 0 Å². The van der Waals surface area contributed by atoms with Gasteiger partial charge in [0.2, 0.25) is 0 Å². The highest BCUT2D eigenvalue weighted by atomic mass is 16.2. The molecule has 3 aliphatic rings. The van der Waals surface area contributed by atoms with Crippen LogP contribution in [-0.2, 0) is 4.79 Å². The monoisotopic (exact) mass is 178 g/mol. The van der Waals surface area contributed by atoms with E-state index >= 15 is 0 Å². The summed E-state index contributed by atoms with van der Waals surface area (Å²) in [7, 11) is 0. The second kappa shape index (κ2) is 3.39. The van der Waals surface area contributed by atoms with Crippen LogP contribution in [0.25, 0.3) is 0 Å². The second-order valence-corrected chi connectivity index (χ2v) is 3.67. The zero-order chi connectivity index (χ0) is 9.26. The third kappa shape index (κ3) is 1.54. The van der Waals surface area contributed by atoms with E-state index in [0.717, 1.165) is 19.5 Å². The van der Waals surface area contributed by atoms with Gasteiger partial charge in [-0.05, 0) is 25.7 Å². The van der Waals surface area contributed by atoms with Crippen molar-refractivity contribution in [3.8, 4) is 11.8 Å². The first-order chi connectivity index (χ1) is 6.31. The van der Waals surface area contributed by atoms with Gasteiger partial charge in [-0.25, -0.2) is 0 Å². The minimum Gasteiger partial charge on any atom is -0.326 e. The average molecular weight is 178 g/mol. The molecule has 13 heavy (non-hydrogen) atoms. The Morgan fingerprint density at radius 2 is 2.38 bits per heavy atom. The fourth-order valence-corrected chi connectivity index (χ4v) is 2.14. The predicted octanol–water partition coefficient (Wildman–Crippen LogP) is -0.0275. The Morgan fingerprint density at radius 3 is 2.85 bits per heavy atom. The number of nitrogens with zero attached hydrogens (tertiary/aromatic N) is 1. The number of piperazine rings is 1. The highest BCUT2D eigenvalue weighted by Gasteiger charge is 2.35. The van der Waals surface area contributed by atoms with Crippen LogP contribution in [0.1, 0.15) is 19.8 Å². The summed E-state index contributed by atoms with van der Waals surface area (Å²) in [4.78, 5) is 13.4. The molecule has 0 saturated carbocycles. The highest BCUT2D eigenvalue weighted by Crippen LogP contribution is 2.21. The van der Waals surface area contributed by atoms with Crippen molar-refractivity contribution in [3.05, 3.63) is 0 Å². The van der Waals surface area contributed by atoms with Crippen molar-refractivity contribution < 1.29 is 4.79 Å². The van der Waals surface area contributed by atoms with E-state index in [9.17, 15) is 4.79 Å². The lowest BCUT2D eigenvalue weighted by Crippen LogP contribution is -2.62. The van der Waals surface area contributed by atoms with E-state index in [1.165, 1.54) is 6.42 Å². The normalized spacial score (nSPS) is 31.0. The molecule has 0 aromatic rings. The maximum Gasteiger partial charge on any atom is 0.298 e. The third-order valence-corrected chi connectivity index (χ3v) is 2.84. The zero-order valence-electron chi connectivity index (χ0n) is 7.84. The third-order valence-electron chi connectivity index (χ3n) is 2.84. The first-order valence-corrected chi connectivity index (χ1v) is 4.78. The van der Waals surface area contributed by atoms with Crippen LogP contribution in [-0.4, -0.2) is 36.0 Å². The number of fused-ring (bicyclic) bond motifs is 3. The molecule has 0 radical (unpaired) electrons. The average Bonchev–Trinajstić information content (AvgIpc) is 2.20. The predicted molar refractivity (Wildman–Crippen MR) is 50.0 cm³/mol. The van der Waals surface area contributed by atoms with Crippen molar-refractivity contribution in [3.63, 3.8) is 0 Å². The van der Waals surface area contributed by atoms with E-state index in [2.05, 4.69) is 17.2 Å². The van der Waals surface area contributed by atoms with Crippen molar-refractivity contribution in [1.29, 1.82) is 0 Å². The first-order valence-electron chi connectivity index (χ1n) is 4.78. The van der Waals surface area contributed by atoms with Crippen molar-refractivity contribution >= 4 is 5.91 Å². The van der Waals surface area contributed by atoms with E-state index in [0.29, 0.717) is 12.1 Å². The van der Waals surface area contributed by atoms with Gasteiger partial charge in [0.15, 0.2) is 0 Å². The van der Waals surface area contributed by atoms with Crippen molar-refractivity contribution in [1.82, 2.24) is 10.2 Å². The molecule has 0 aromatic carbocycles. The summed E-state index contributed by atoms with van der Waals surface area (Å²) in [6.45, 7) is 3.50. The number of piperidine rings is 2. The van der Waals surface area contributed by atoms with Gasteiger partial charge in [-0.3, -0.25) is 4.79 Å². The van der Waals surface area contributed by atoms with Gasteiger partial charge in [-0.1, -0.05) is 5.92 Å². The van der Waals surface area contributed by atoms with Crippen molar-refractivity contribution in [2.75, 3.05) is 13.1 Å². The molecular formula is C10H14N2O. The second-order valence-electron chi connectivity index (χ2n) is 3.67. The summed E-state index contributed by atoms with van der Waals surface area (Å²) in [5, 5.41) is 3.40. The summed E-state index contributed by atoms with van der Waals surface area (Å²) in [6, 6.07) is 0.894. The maximum atomic E-state index is 11.5. The molecule has 0 aliphatic carbocycles. The van der Waals surface area contributed by atoms with Crippen LogP contribution in [0.3, 0.4) is 0 Å². The number of hydrogen-bond donors (Lipinski definition) is 1. The molecule has 3 nitrogen and oxygen atoms in total. The van der Waals surface area contributed by atoms with Gasteiger partial charge in [0.25, 0.3) is 5.91 Å². The number of amides is 1. The number of rotatable bonds is 0. The fraction of sp³-hybridized carbons (Fsp3) is 0.700. The fourth-order valence-electron chi connectivity index (χ4n) is 2.14. The van der Waals surface area contributed by atoms with Crippen LogP contribution in [0.15, 0.2) is 0 Å². The molecule has 3 saturated heterocycles. The molecule has 0 aromatic heterocycles. The van der Waals surface area contributed by atoms with E-state index in [4.69, 9.17) is 0 Å². The summed E-state index contributed by atoms with van der Waals surface area (Å²) in [6.07, 6.45) is 2.34. The maximum absolute atomic E-state index is 11.5. The number of carbonyl (C=O) groups is 1. The minimum absolute atomic E-state index is 0.00120. The van der Waals surface area contributed by atoms with E-state index in [-0.39, 0.29) is 5.91 Å². The van der Waals surface area contributed by atoms with Crippen LogP contribution in [0.2, 0.25) is 0 Å². The molecule has 2 unspecified atom stereocenters. The summed E-state index contributed by atoms with van der Waals surface area (Å²) < 4.78 is 0. The summed E-state index contributed by atoms with van der Waals surface area (Å²) in [5.41, 5.74) is 0. The molecule has 1 N–H and O–H groups in total. The van der Waals surface area contributed by atoms with Crippen molar-refractivity contribution in [2.45, 2.75) is 31.8 Å².